The Labute approximate surface area is 199 Å². The number of anilines is 2. The maximum absolute atomic E-state index is 12.9. The van der Waals surface area contributed by atoms with Gasteiger partial charge in [-0.25, -0.2) is 19.9 Å². The molecule has 12 heteroatoms. The van der Waals surface area contributed by atoms with Gasteiger partial charge in [0.1, 0.15) is 11.4 Å². The molecule has 0 aliphatic rings. The quantitative estimate of drug-likeness (QED) is 0.379. The molecule has 2 heterocycles. The minimum atomic E-state index is -4.66. The van der Waals surface area contributed by atoms with Gasteiger partial charge in [-0.05, 0) is 58.2 Å². The minimum Gasteiger partial charge on any atom is -0.495 e. The number of carbonyl (C=O) groups excluding carboxylic acids is 1. The number of fused-ring (bicyclic) bond motifs is 1. The first-order valence-electron chi connectivity index (χ1n) is 9.70. The Kier molecular flexibility index (Phi) is 6.09. The fraction of sp³-hybridized carbons (Fsp3) is 0.136. The van der Waals surface area contributed by atoms with Crippen LogP contribution in [-0.4, -0.2) is 33.0 Å². The van der Waals surface area contributed by atoms with Crippen molar-refractivity contribution in [1.82, 2.24) is 19.9 Å². The Balaban J connectivity index is 1.75. The van der Waals surface area contributed by atoms with Crippen molar-refractivity contribution in [1.29, 1.82) is 0 Å². The molecular weight excluding hydrogens is 517 g/mol. The van der Waals surface area contributed by atoms with Crippen molar-refractivity contribution < 1.29 is 22.7 Å². The number of methoxy groups -OCH3 is 1. The molecule has 0 aliphatic heterocycles. The molecule has 174 valence electrons. The van der Waals surface area contributed by atoms with Gasteiger partial charge >= 0.3 is 6.18 Å². The van der Waals surface area contributed by atoms with E-state index in [2.05, 4.69) is 41.2 Å². The summed E-state index contributed by atoms with van der Waals surface area (Å²) in [4.78, 5) is 28.1. The topological polar surface area (TPSA) is 116 Å². The zero-order valence-corrected chi connectivity index (χ0v) is 19.3. The van der Waals surface area contributed by atoms with Gasteiger partial charge in [0, 0.05) is 28.9 Å². The highest BCUT2D eigenvalue weighted by Gasteiger charge is 2.33. The van der Waals surface area contributed by atoms with Gasteiger partial charge in [-0.2, -0.15) is 13.2 Å². The molecule has 0 fully saturated rings. The number of alkyl halides is 3. The lowest BCUT2D eigenvalue weighted by atomic mass is 9.96. The van der Waals surface area contributed by atoms with Crippen molar-refractivity contribution in [3.05, 3.63) is 64.0 Å². The van der Waals surface area contributed by atoms with E-state index in [1.807, 2.05) is 6.92 Å². The van der Waals surface area contributed by atoms with Gasteiger partial charge in [-0.1, -0.05) is 6.07 Å². The molecule has 8 nitrogen and oxygen atoms in total. The summed E-state index contributed by atoms with van der Waals surface area (Å²) < 4.78 is 44.9. The molecule has 2 aromatic heterocycles. The largest absolute Gasteiger partial charge is 0.495 e. The molecule has 0 bridgehead atoms. The summed E-state index contributed by atoms with van der Waals surface area (Å²) in [5, 5.41) is 2.99. The zero-order valence-electron chi connectivity index (χ0n) is 17.7. The number of amides is 1. The van der Waals surface area contributed by atoms with E-state index in [0.717, 1.165) is 17.8 Å². The van der Waals surface area contributed by atoms with Crippen LogP contribution in [0.15, 0.2) is 47.2 Å². The molecule has 4 rings (SSSR count). The molecule has 0 radical (unpaired) electrons. The molecule has 34 heavy (non-hydrogen) atoms. The number of nitrogens with zero attached hydrogens (tertiary/aromatic N) is 4. The lowest BCUT2D eigenvalue weighted by Crippen LogP contribution is -2.17. The van der Waals surface area contributed by atoms with Crippen LogP contribution >= 0.6 is 15.9 Å². The van der Waals surface area contributed by atoms with Gasteiger partial charge in [0.2, 0.25) is 11.9 Å². The van der Waals surface area contributed by atoms with Gasteiger partial charge in [0.05, 0.1) is 17.1 Å². The molecule has 0 spiro atoms. The molecule has 4 aromatic rings. The number of carbonyl (C=O) groups is 1. The third-order valence-electron chi connectivity index (χ3n) is 4.95. The fourth-order valence-corrected chi connectivity index (χ4v) is 4.03. The van der Waals surface area contributed by atoms with Crippen molar-refractivity contribution in [3.63, 3.8) is 0 Å². The van der Waals surface area contributed by atoms with Crippen LogP contribution in [-0.2, 0) is 6.18 Å². The number of aromatic nitrogens is 4. The average molecular weight is 533 g/mol. The smallest absolute Gasteiger partial charge is 0.433 e. The number of halogens is 4. The first-order valence-corrected chi connectivity index (χ1v) is 10.5. The van der Waals surface area contributed by atoms with E-state index in [1.54, 1.807) is 30.5 Å². The highest BCUT2D eigenvalue weighted by atomic mass is 79.9. The number of hydrogen-bond acceptors (Lipinski definition) is 7. The van der Waals surface area contributed by atoms with E-state index in [1.165, 1.54) is 7.11 Å². The number of ether oxygens (including phenoxy) is 1. The van der Waals surface area contributed by atoms with Crippen LogP contribution in [0.25, 0.3) is 22.0 Å². The molecule has 0 atom stereocenters. The second-order valence-electron chi connectivity index (χ2n) is 7.18. The number of nitrogens with one attached hydrogen (secondary N) is 1. The summed E-state index contributed by atoms with van der Waals surface area (Å²) in [5.74, 6) is -0.555. The van der Waals surface area contributed by atoms with Crippen LogP contribution in [0, 0.1) is 6.92 Å². The minimum absolute atomic E-state index is 0.106. The normalized spacial score (nSPS) is 11.5. The van der Waals surface area contributed by atoms with Crippen LogP contribution in [0.4, 0.5) is 25.1 Å². The third kappa shape index (κ3) is 4.49. The number of rotatable bonds is 4. The third-order valence-corrected chi connectivity index (χ3v) is 5.69. The molecule has 0 unspecified atom stereocenters. The van der Waals surface area contributed by atoms with Gasteiger partial charge in [0.25, 0.3) is 5.91 Å². The molecule has 0 saturated heterocycles. The highest BCUT2D eigenvalue weighted by molar-refractivity contribution is 9.10. The second kappa shape index (κ2) is 8.86. The van der Waals surface area contributed by atoms with Crippen molar-refractivity contribution in [3.8, 4) is 16.9 Å². The van der Waals surface area contributed by atoms with Crippen LogP contribution in [0.2, 0.25) is 0 Å². The predicted molar refractivity (Wildman–Crippen MR) is 123 cm³/mol. The Bertz CT molecular complexity index is 1430. The number of benzene rings is 2. The standard InChI is InChI=1S/C22H16BrF3N6O2/c1-10-3-4-11(19(33)32-21-28-6-5-15(30-21)22(24,25)26)7-13(10)14-8-12-9-29-20(27)31-17(12)16(23)18(14)34-2/h3-9H,1-2H3,(H2,27,29,31)(H,28,30,32,33). The number of aryl methyl sites for hydroxylation is 1. The van der Waals surface area contributed by atoms with E-state index >= 15 is 0 Å². The van der Waals surface area contributed by atoms with E-state index < -0.39 is 23.7 Å². The Morgan fingerprint density at radius 2 is 1.88 bits per heavy atom. The van der Waals surface area contributed by atoms with E-state index in [9.17, 15) is 18.0 Å². The van der Waals surface area contributed by atoms with Gasteiger partial charge in [-0.3, -0.25) is 10.1 Å². The maximum Gasteiger partial charge on any atom is 0.433 e. The van der Waals surface area contributed by atoms with Gasteiger partial charge in [-0.15, -0.1) is 0 Å². The fourth-order valence-electron chi connectivity index (χ4n) is 3.34. The number of hydrogen-bond donors (Lipinski definition) is 2. The van der Waals surface area contributed by atoms with Crippen LogP contribution in [0.3, 0.4) is 0 Å². The summed E-state index contributed by atoms with van der Waals surface area (Å²) >= 11 is 3.50. The number of nitrogens with two attached hydrogens (primary N) is 1. The Morgan fingerprint density at radius 3 is 2.59 bits per heavy atom. The van der Waals surface area contributed by atoms with Crippen LogP contribution < -0.4 is 15.8 Å². The Morgan fingerprint density at radius 1 is 1.12 bits per heavy atom. The molecular formula is C22H16BrF3N6O2. The zero-order chi connectivity index (χ0) is 24.6. The molecule has 1 amide bonds. The lowest BCUT2D eigenvalue weighted by Gasteiger charge is -2.16. The summed E-state index contributed by atoms with van der Waals surface area (Å²) in [6.45, 7) is 1.85. The SMILES string of the molecule is COc1c(-c2cc(C(=O)Nc3nccc(C(F)(F)F)n3)ccc2C)cc2cnc(N)nc2c1Br. The van der Waals surface area contributed by atoms with Crippen molar-refractivity contribution in [2.75, 3.05) is 18.2 Å². The summed E-state index contributed by atoms with van der Waals surface area (Å²) in [7, 11) is 1.50. The molecule has 0 aliphatic carbocycles. The van der Waals surface area contributed by atoms with Crippen molar-refractivity contribution >= 4 is 44.6 Å². The molecule has 0 saturated carbocycles. The van der Waals surface area contributed by atoms with E-state index in [4.69, 9.17) is 10.5 Å². The highest BCUT2D eigenvalue weighted by Crippen LogP contribution is 2.42. The Hall–Kier alpha value is -3.80. The lowest BCUT2D eigenvalue weighted by molar-refractivity contribution is -0.141. The first-order chi connectivity index (χ1) is 16.1. The van der Waals surface area contributed by atoms with E-state index in [-0.39, 0.29) is 11.5 Å². The van der Waals surface area contributed by atoms with Crippen LogP contribution in [0.1, 0.15) is 21.6 Å². The first kappa shape index (κ1) is 23.4. The average Bonchev–Trinajstić information content (AvgIpc) is 2.79. The van der Waals surface area contributed by atoms with Crippen molar-refractivity contribution in [2.45, 2.75) is 13.1 Å². The monoisotopic (exact) mass is 532 g/mol. The number of nitrogen functional groups attached to an aromatic ring is 1. The maximum atomic E-state index is 12.9. The summed E-state index contributed by atoms with van der Waals surface area (Å²) in [6.07, 6.45) is -2.16. The van der Waals surface area contributed by atoms with Gasteiger partial charge < -0.3 is 10.5 Å². The second-order valence-corrected chi connectivity index (χ2v) is 7.98. The summed E-state index contributed by atoms with van der Waals surface area (Å²) in [6, 6.07) is 7.40. The molecule has 2 aromatic carbocycles. The van der Waals surface area contributed by atoms with Crippen molar-refractivity contribution in [2.24, 2.45) is 0 Å². The molecule has 3 N–H and O–H groups in total. The van der Waals surface area contributed by atoms with Crippen LogP contribution in [0.5, 0.6) is 5.75 Å². The van der Waals surface area contributed by atoms with Gasteiger partial charge in [0.15, 0.2) is 0 Å². The summed E-state index contributed by atoms with van der Waals surface area (Å²) in [5.41, 5.74) is 7.43. The van der Waals surface area contributed by atoms with E-state index in [0.29, 0.717) is 32.3 Å². The predicted octanol–water partition coefficient (Wildman–Crippen LogP) is 5.02.